The van der Waals surface area contributed by atoms with Gasteiger partial charge in [-0.05, 0) is 52.7 Å². The average Bonchev–Trinajstić information content (AvgIpc) is 2.90. The van der Waals surface area contributed by atoms with Crippen LogP contribution >= 0.6 is 0 Å². The lowest BCUT2D eigenvalue weighted by molar-refractivity contribution is -0.158. The SMILES string of the molecule is Cc1ccc(S(=O)(=O)N[C@@H]2CCCC[C@H]2[C@@H](N=C(c2ccccc2)c2ccccc2)C(=O)OC(C)(C)C)cc1. The third-order valence-electron chi connectivity index (χ3n) is 6.87. The van der Waals surface area contributed by atoms with Crippen LogP contribution in [0.25, 0.3) is 0 Å². The number of nitrogens with zero attached hydrogens (tertiary/aromatic N) is 1. The second-order valence-corrected chi connectivity index (χ2v) is 12.9. The topological polar surface area (TPSA) is 84.8 Å². The largest absolute Gasteiger partial charge is 0.458 e. The van der Waals surface area contributed by atoms with E-state index < -0.39 is 33.7 Å². The molecule has 0 unspecified atom stereocenters. The monoisotopic (exact) mass is 546 g/mol. The standard InChI is InChI=1S/C32H38N2O4S/c1-23-19-21-26(22-20-23)39(36,37)34-28-18-12-11-17-27(28)30(31(35)38-32(2,3)4)33-29(24-13-7-5-8-14-24)25-15-9-6-10-16-25/h5-10,13-16,19-22,27-28,30,34H,11-12,17-18H2,1-4H3/t27-,28-,30-/m1/s1. The number of hydrogen-bond acceptors (Lipinski definition) is 5. The van der Waals surface area contributed by atoms with Crippen molar-refractivity contribution < 1.29 is 17.9 Å². The van der Waals surface area contributed by atoms with Crippen LogP contribution in [0.3, 0.4) is 0 Å². The normalized spacial score (nSPS) is 18.7. The first-order chi connectivity index (χ1) is 18.5. The molecule has 39 heavy (non-hydrogen) atoms. The van der Waals surface area contributed by atoms with Crippen LogP contribution in [-0.4, -0.2) is 37.8 Å². The van der Waals surface area contributed by atoms with Crippen molar-refractivity contribution in [1.82, 2.24) is 4.72 Å². The lowest BCUT2D eigenvalue weighted by Crippen LogP contribution is -2.49. The van der Waals surface area contributed by atoms with Crippen LogP contribution in [0.2, 0.25) is 0 Å². The highest BCUT2D eigenvalue weighted by molar-refractivity contribution is 7.89. The van der Waals surface area contributed by atoms with Crippen LogP contribution in [0.4, 0.5) is 0 Å². The quantitative estimate of drug-likeness (QED) is 0.274. The van der Waals surface area contributed by atoms with Crippen molar-refractivity contribution in [3.63, 3.8) is 0 Å². The second-order valence-electron chi connectivity index (χ2n) is 11.2. The third-order valence-corrected chi connectivity index (χ3v) is 8.38. The number of carbonyl (C=O) groups excluding carboxylic acids is 1. The number of aliphatic imine (C=N–C) groups is 1. The third kappa shape index (κ3) is 7.64. The number of rotatable bonds is 8. The van der Waals surface area contributed by atoms with E-state index in [1.54, 1.807) is 24.3 Å². The molecule has 6 nitrogen and oxygen atoms in total. The van der Waals surface area contributed by atoms with Gasteiger partial charge in [0.1, 0.15) is 5.60 Å². The minimum Gasteiger partial charge on any atom is -0.458 e. The molecule has 0 heterocycles. The minimum atomic E-state index is -3.79. The van der Waals surface area contributed by atoms with E-state index in [1.165, 1.54) is 0 Å². The Balaban J connectivity index is 1.78. The summed E-state index contributed by atoms with van der Waals surface area (Å²) in [6.07, 6.45) is 3.03. The number of nitrogens with one attached hydrogen (secondary N) is 1. The summed E-state index contributed by atoms with van der Waals surface area (Å²) >= 11 is 0. The van der Waals surface area contributed by atoms with Gasteiger partial charge in [0.15, 0.2) is 6.04 Å². The summed E-state index contributed by atoms with van der Waals surface area (Å²) in [4.78, 5) is 19.1. The van der Waals surface area contributed by atoms with Gasteiger partial charge in [-0.25, -0.2) is 17.9 Å². The highest BCUT2D eigenvalue weighted by Crippen LogP contribution is 2.32. The van der Waals surface area contributed by atoms with Gasteiger partial charge in [0.25, 0.3) is 0 Å². The molecule has 0 aliphatic heterocycles. The number of carbonyl (C=O) groups is 1. The van der Waals surface area contributed by atoms with Crippen LogP contribution in [0.1, 0.15) is 63.1 Å². The van der Waals surface area contributed by atoms with Gasteiger partial charge >= 0.3 is 5.97 Å². The van der Waals surface area contributed by atoms with Crippen LogP contribution in [0.15, 0.2) is 94.8 Å². The van der Waals surface area contributed by atoms with Crippen molar-refractivity contribution in [2.24, 2.45) is 10.9 Å². The molecule has 0 aromatic heterocycles. The molecule has 0 bridgehead atoms. The maximum atomic E-state index is 13.8. The molecule has 0 spiro atoms. The number of hydrogen-bond donors (Lipinski definition) is 1. The number of ether oxygens (including phenoxy) is 1. The van der Waals surface area contributed by atoms with Gasteiger partial charge in [-0.1, -0.05) is 91.2 Å². The predicted molar refractivity (Wildman–Crippen MR) is 155 cm³/mol. The van der Waals surface area contributed by atoms with Gasteiger partial charge in [-0.15, -0.1) is 0 Å². The van der Waals surface area contributed by atoms with Crippen molar-refractivity contribution >= 4 is 21.7 Å². The van der Waals surface area contributed by atoms with Gasteiger partial charge in [0.05, 0.1) is 10.6 Å². The summed E-state index contributed by atoms with van der Waals surface area (Å²) < 4.78 is 35.6. The molecule has 7 heteroatoms. The molecule has 0 amide bonds. The first-order valence-corrected chi connectivity index (χ1v) is 15.0. The molecular weight excluding hydrogens is 508 g/mol. The van der Waals surface area contributed by atoms with E-state index in [1.807, 2.05) is 88.4 Å². The molecule has 3 atom stereocenters. The molecule has 0 saturated heterocycles. The van der Waals surface area contributed by atoms with Crippen LogP contribution in [0, 0.1) is 12.8 Å². The molecule has 4 rings (SSSR count). The maximum Gasteiger partial charge on any atom is 0.331 e. The Kier molecular flexibility index (Phi) is 9.03. The molecule has 1 saturated carbocycles. The molecule has 1 aliphatic carbocycles. The summed E-state index contributed by atoms with van der Waals surface area (Å²) in [6, 6.07) is 25.0. The number of sulfonamides is 1. The van der Waals surface area contributed by atoms with Crippen LogP contribution < -0.4 is 4.72 Å². The smallest absolute Gasteiger partial charge is 0.331 e. The lowest BCUT2D eigenvalue weighted by atomic mass is 9.80. The molecule has 206 valence electrons. The second kappa shape index (κ2) is 12.3. The van der Waals surface area contributed by atoms with Gasteiger partial charge in [-0.3, -0.25) is 4.99 Å². The Bertz CT molecular complexity index is 1340. The average molecular weight is 547 g/mol. The molecule has 1 aliphatic rings. The Morgan fingerprint density at radius 3 is 1.95 bits per heavy atom. The zero-order chi connectivity index (χ0) is 28.0. The Hall–Kier alpha value is -3.29. The molecular formula is C32H38N2O4S. The van der Waals surface area contributed by atoms with Crippen molar-refractivity contribution in [2.75, 3.05) is 0 Å². The van der Waals surface area contributed by atoms with Gasteiger partial charge in [-0.2, -0.15) is 0 Å². The fraction of sp³-hybridized carbons (Fsp3) is 0.375. The zero-order valence-corrected chi connectivity index (χ0v) is 23.9. The zero-order valence-electron chi connectivity index (χ0n) is 23.1. The highest BCUT2D eigenvalue weighted by Gasteiger charge is 2.40. The molecule has 0 radical (unpaired) electrons. The van der Waals surface area contributed by atoms with E-state index in [2.05, 4.69) is 4.72 Å². The van der Waals surface area contributed by atoms with E-state index in [0.29, 0.717) is 18.6 Å². The van der Waals surface area contributed by atoms with Gasteiger partial charge in [0.2, 0.25) is 10.0 Å². The highest BCUT2D eigenvalue weighted by atomic mass is 32.2. The summed E-state index contributed by atoms with van der Waals surface area (Å²) in [5.41, 5.74) is 2.71. The Morgan fingerprint density at radius 2 is 1.41 bits per heavy atom. The van der Waals surface area contributed by atoms with Crippen molar-refractivity contribution in [3.8, 4) is 0 Å². The Labute approximate surface area is 232 Å². The van der Waals surface area contributed by atoms with E-state index in [0.717, 1.165) is 29.5 Å². The fourth-order valence-corrected chi connectivity index (χ4v) is 6.32. The van der Waals surface area contributed by atoms with Gasteiger partial charge < -0.3 is 4.74 Å². The van der Waals surface area contributed by atoms with Crippen molar-refractivity contribution in [3.05, 3.63) is 102 Å². The van der Waals surface area contributed by atoms with Crippen molar-refractivity contribution in [1.29, 1.82) is 0 Å². The summed E-state index contributed by atoms with van der Waals surface area (Å²) in [7, 11) is -3.79. The van der Waals surface area contributed by atoms with E-state index in [-0.39, 0.29) is 10.8 Å². The fourth-order valence-electron chi connectivity index (χ4n) is 5.00. The summed E-state index contributed by atoms with van der Waals surface area (Å²) in [5, 5.41) is 0. The van der Waals surface area contributed by atoms with Crippen molar-refractivity contribution in [2.45, 2.75) is 76.0 Å². The first-order valence-electron chi connectivity index (χ1n) is 13.5. The summed E-state index contributed by atoms with van der Waals surface area (Å²) in [6.45, 7) is 7.42. The lowest BCUT2D eigenvalue weighted by Gasteiger charge is -2.36. The number of aryl methyl sites for hydroxylation is 1. The van der Waals surface area contributed by atoms with E-state index >= 15 is 0 Å². The Morgan fingerprint density at radius 1 is 0.872 bits per heavy atom. The van der Waals surface area contributed by atoms with Gasteiger partial charge in [0, 0.05) is 23.1 Å². The predicted octanol–water partition coefficient (Wildman–Crippen LogP) is 6.08. The van der Waals surface area contributed by atoms with E-state index in [4.69, 9.17) is 9.73 Å². The minimum absolute atomic E-state index is 0.212. The van der Waals surface area contributed by atoms with E-state index in [9.17, 15) is 13.2 Å². The molecule has 1 N–H and O–H groups in total. The molecule has 3 aromatic carbocycles. The first kappa shape index (κ1) is 28.7. The molecule has 1 fully saturated rings. The van der Waals surface area contributed by atoms with Crippen LogP contribution in [0.5, 0.6) is 0 Å². The molecule has 3 aromatic rings. The number of benzene rings is 3. The number of esters is 1. The van der Waals surface area contributed by atoms with Crippen LogP contribution in [-0.2, 0) is 19.6 Å². The maximum absolute atomic E-state index is 13.8. The summed E-state index contributed by atoms with van der Waals surface area (Å²) in [5.74, 6) is -0.811.